The molecule has 1 heterocycles. The molecule has 1 saturated heterocycles. The molecule has 0 spiro atoms. The summed E-state index contributed by atoms with van der Waals surface area (Å²) in [6.07, 6.45) is 3.22. The molecule has 0 aromatic carbocycles. The van der Waals surface area contributed by atoms with Crippen LogP contribution in [0.1, 0.15) is 25.7 Å². The minimum Gasteiger partial charge on any atom is -0.381 e. The van der Waals surface area contributed by atoms with Gasteiger partial charge in [-0.2, -0.15) is 4.31 Å². The number of sulfonamides is 1. The smallest absolute Gasteiger partial charge is 0.217 e. The van der Waals surface area contributed by atoms with Crippen LogP contribution in [0.3, 0.4) is 0 Å². The van der Waals surface area contributed by atoms with Gasteiger partial charge in [0.05, 0.1) is 5.25 Å². The highest BCUT2D eigenvalue weighted by Gasteiger charge is 2.41. The van der Waals surface area contributed by atoms with Gasteiger partial charge < -0.3 is 10.5 Å². The maximum absolute atomic E-state index is 12.4. The van der Waals surface area contributed by atoms with Gasteiger partial charge in [-0.25, -0.2) is 8.42 Å². The highest BCUT2D eigenvalue weighted by Crippen LogP contribution is 2.32. The van der Waals surface area contributed by atoms with Crippen molar-refractivity contribution in [1.82, 2.24) is 4.31 Å². The second-order valence-electron chi connectivity index (χ2n) is 4.49. The van der Waals surface area contributed by atoms with E-state index in [1.54, 1.807) is 4.31 Å². The van der Waals surface area contributed by atoms with E-state index in [-0.39, 0.29) is 11.3 Å². The topological polar surface area (TPSA) is 72.6 Å². The Labute approximate surface area is 97.0 Å². The van der Waals surface area contributed by atoms with Gasteiger partial charge in [0.2, 0.25) is 10.0 Å². The zero-order valence-corrected chi connectivity index (χ0v) is 10.3. The third-order valence-corrected chi connectivity index (χ3v) is 5.67. The normalized spacial score (nSPS) is 23.9. The van der Waals surface area contributed by atoms with E-state index in [0.29, 0.717) is 39.1 Å². The van der Waals surface area contributed by atoms with Crippen LogP contribution >= 0.6 is 0 Å². The fraction of sp³-hybridized carbons (Fsp3) is 1.00. The Morgan fingerprint density at radius 3 is 2.31 bits per heavy atom. The fourth-order valence-corrected chi connectivity index (χ4v) is 4.33. The Hall–Kier alpha value is -0.170. The van der Waals surface area contributed by atoms with Crippen LogP contribution in [-0.2, 0) is 14.8 Å². The Balaban J connectivity index is 2.07. The quantitative estimate of drug-likeness (QED) is 0.738. The van der Waals surface area contributed by atoms with E-state index < -0.39 is 10.0 Å². The van der Waals surface area contributed by atoms with Crippen molar-refractivity contribution >= 4 is 10.0 Å². The zero-order chi connectivity index (χ0) is 11.6. The second-order valence-corrected chi connectivity index (χ2v) is 6.65. The van der Waals surface area contributed by atoms with E-state index in [0.717, 1.165) is 12.8 Å². The number of rotatable bonds is 5. The van der Waals surface area contributed by atoms with E-state index in [1.165, 1.54) is 0 Å². The van der Waals surface area contributed by atoms with Crippen molar-refractivity contribution in [2.24, 2.45) is 5.73 Å². The molecule has 94 valence electrons. The fourth-order valence-electron chi connectivity index (χ4n) is 2.17. The van der Waals surface area contributed by atoms with Gasteiger partial charge in [-0.3, -0.25) is 0 Å². The molecule has 2 aliphatic rings. The molecule has 6 heteroatoms. The zero-order valence-electron chi connectivity index (χ0n) is 9.47. The van der Waals surface area contributed by atoms with E-state index >= 15 is 0 Å². The molecule has 0 bridgehead atoms. The first-order chi connectivity index (χ1) is 7.66. The average Bonchev–Trinajstić information content (AvgIpc) is 3.11. The standard InChI is InChI=1S/C10H20N2O3S/c11-5-6-12(9-1-2-9)16(13,14)10-3-7-15-8-4-10/h9-10H,1-8,11H2. The highest BCUT2D eigenvalue weighted by molar-refractivity contribution is 7.89. The van der Waals surface area contributed by atoms with Gasteiger partial charge in [0.1, 0.15) is 0 Å². The Kier molecular flexibility index (Phi) is 3.84. The predicted molar refractivity (Wildman–Crippen MR) is 61.5 cm³/mol. The second kappa shape index (κ2) is 5.00. The van der Waals surface area contributed by atoms with Crippen molar-refractivity contribution in [3.8, 4) is 0 Å². The highest BCUT2D eigenvalue weighted by atomic mass is 32.2. The van der Waals surface area contributed by atoms with Gasteiger partial charge in [-0.15, -0.1) is 0 Å². The van der Waals surface area contributed by atoms with Crippen LogP contribution in [0, 0.1) is 0 Å². The Bertz CT molecular complexity index is 321. The summed E-state index contributed by atoms with van der Waals surface area (Å²) in [5, 5.41) is -0.256. The van der Waals surface area contributed by atoms with Crippen molar-refractivity contribution in [3.05, 3.63) is 0 Å². The molecule has 0 amide bonds. The molecule has 0 radical (unpaired) electrons. The molecule has 5 nitrogen and oxygen atoms in total. The lowest BCUT2D eigenvalue weighted by atomic mass is 10.2. The third kappa shape index (κ3) is 2.56. The summed E-state index contributed by atoms with van der Waals surface area (Å²) in [7, 11) is -3.15. The van der Waals surface area contributed by atoms with Crippen molar-refractivity contribution in [2.75, 3.05) is 26.3 Å². The van der Waals surface area contributed by atoms with Gasteiger partial charge in [0.15, 0.2) is 0 Å². The van der Waals surface area contributed by atoms with Gasteiger partial charge >= 0.3 is 0 Å². The van der Waals surface area contributed by atoms with Crippen LogP contribution in [0.25, 0.3) is 0 Å². The lowest BCUT2D eigenvalue weighted by Crippen LogP contribution is -2.44. The first-order valence-electron chi connectivity index (χ1n) is 5.94. The summed E-state index contributed by atoms with van der Waals surface area (Å²) in [6, 6.07) is 0.219. The summed E-state index contributed by atoms with van der Waals surface area (Å²) in [5.74, 6) is 0. The summed E-state index contributed by atoms with van der Waals surface area (Å²) >= 11 is 0. The molecule has 2 rings (SSSR count). The molecular formula is C10H20N2O3S. The minimum absolute atomic E-state index is 0.219. The number of ether oxygens (including phenoxy) is 1. The van der Waals surface area contributed by atoms with Crippen LogP contribution in [0.2, 0.25) is 0 Å². The van der Waals surface area contributed by atoms with E-state index in [1.807, 2.05) is 0 Å². The van der Waals surface area contributed by atoms with Gasteiger partial charge in [-0.05, 0) is 25.7 Å². The maximum atomic E-state index is 12.4. The van der Waals surface area contributed by atoms with Crippen molar-refractivity contribution in [2.45, 2.75) is 37.0 Å². The summed E-state index contributed by atoms with van der Waals surface area (Å²) in [4.78, 5) is 0. The number of nitrogens with two attached hydrogens (primary N) is 1. The Morgan fingerprint density at radius 1 is 1.19 bits per heavy atom. The van der Waals surface area contributed by atoms with E-state index in [4.69, 9.17) is 10.5 Å². The van der Waals surface area contributed by atoms with Crippen LogP contribution in [0.4, 0.5) is 0 Å². The van der Waals surface area contributed by atoms with Crippen LogP contribution in [0.5, 0.6) is 0 Å². The van der Waals surface area contributed by atoms with Crippen molar-refractivity contribution < 1.29 is 13.2 Å². The molecular weight excluding hydrogens is 228 g/mol. The molecule has 0 aromatic heterocycles. The first kappa shape index (κ1) is 12.3. The molecule has 16 heavy (non-hydrogen) atoms. The molecule has 1 saturated carbocycles. The van der Waals surface area contributed by atoms with Gasteiger partial charge in [0, 0.05) is 32.3 Å². The number of nitrogens with zero attached hydrogens (tertiary/aromatic N) is 1. The van der Waals surface area contributed by atoms with E-state index in [9.17, 15) is 8.42 Å². The Morgan fingerprint density at radius 2 is 1.81 bits per heavy atom. The van der Waals surface area contributed by atoms with Gasteiger partial charge in [0.25, 0.3) is 0 Å². The molecule has 2 fully saturated rings. The summed E-state index contributed by atoms with van der Waals surface area (Å²) < 4.78 is 31.6. The van der Waals surface area contributed by atoms with Crippen molar-refractivity contribution in [1.29, 1.82) is 0 Å². The lowest BCUT2D eigenvalue weighted by Gasteiger charge is -2.29. The monoisotopic (exact) mass is 248 g/mol. The van der Waals surface area contributed by atoms with Crippen molar-refractivity contribution in [3.63, 3.8) is 0 Å². The molecule has 1 aliphatic heterocycles. The first-order valence-corrected chi connectivity index (χ1v) is 7.45. The van der Waals surface area contributed by atoms with Crippen LogP contribution in [0.15, 0.2) is 0 Å². The van der Waals surface area contributed by atoms with Gasteiger partial charge in [-0.1, -0.05) is 0 Å². The van der Waals surface area contributed by atoms with Crippen LogP contribution in [-0.4, -0.2) is 50.3 Å². The third-order valence-electron chi connectivity index (χ3n) is 3.22. The van der Waals surface area contributed by atoms with Crippen LogP contribution < -0.4 is 5.73 Å². The molecule has 0 aromatic rings. The maximum Gasteiger partial charge on any atom is 0.217 e. The molecule has 2 N–H and O–H groups in total. The predicted octanol–water partition coefficient (Wildman–Crippen LogP) is -0.0817. The SMILES string of the molecule is NCCN(C1CC1)S(=O)(=O)C1CCOCC1. The summed E-state index contributed by atoms with van der Waals surface area (Å²) in [5.41, 5.74) is 5.49. The largest absolute Gasteiger partial charge is 0.381 e. The lowest BCUT2D eigenvalue weighted by molar-refractivity contribution is 0.0971. The number of hydrogen-bond donors (Lipinski definition) is 1. The minimum atomic E-state index is -3.15. The summed E-state index contributed by atoms with van der Waals surface area (Å²) in [6.45, 7) is 1.99. The average molecular weight is 248 g/mol. The van der Waals surface area contributed by atoms with E-state index in [2.05, 4.69) is 0 Å². The molecule has 0 unspecified atom stereocenters. The number of hydrogen-bond acceptors (Lipinski definition) is 4. The molecule has 1 aliphatic carbocycles. The molecule has 0 atom stereocenters.